The first-order valence-electron chi connectivity index (χ1n) is 4.76. The van der Waals surface area contributed by atoms with Crippen molar-refractivity contribution in [3.8, 4) is 0 Å². The van der Waals surface area contributed by atoms with Gasteiger partial charge in [-0.15, -0.1) is 0 Å². The molecule has 1 aromatic rings. The van der Waals surface area contributed by atoms with Gasteiger partial charge >= 0.3 is 5.00 Å². The van der Waals surface area contributed by atoms with Gasteiger partial charge in [-0.05, 0) is 17.8 Å². The molecule has 1 aromatic heterocycles. The highest BCUT2D eigenvalue weighted by molar-refractivity contribution is 7.18. The van der Waals surface area contributed by atoms with E-state index in [1.54, 1.807) is 0 Å². The van der Waals surface area contributed by atoms with E-state index in [1.807, 2.05) is 0 Å². The van der Waals surface area contributed by atoms with Crippen LogP contribution in [0.2, 0.25) is 0 Å². The Balaban J connectivity index is 2.02. The number of amides is 2. The summed E-state index contributed by atoms with van der Waals surface area (Å²) in [5.74, 6) is -0.739. The summed E-state index contributed by atoms with van der Waals surface area (Å²) in [7, 11) is 0. The quantitative estimate of drug-likeness (QED) is 0.455. The molecule has 2 amide bonds. The third kappa shape index (κ3) is 2.56. The summed E-state index contributed by atoms with van der Waals surface area (Å²) in [6, 6.07) is -0.571. The summed E-state index contributed by atoms with van der Waals surface area (Å²) < 4.78 is 0. The van der Waals surface area contributed by atoms with Gasteiger partial charge in [0.05, 0.1) is 4.92 Å². The van der Waals surface area contributed by atoms with Crippen LogP contribution in [-0.2, 0) is 9.59 Å². The third-order valence-electron chi connectivity index (χ3n) is 2.21. The van der Waals surface area contributed by atoms with Gasteiger partial charge in [0, 0.05) is 6.42 Å². The molecule has 0 spiro atoms. The molecule has 1 atom stereocenters. The van der Waals surface area contributed by atoms with E-state index < -0.39 is 16.9 Å². The van der Waals surface area contributed by atoms with Gasteiger partial charge in [-0.1, -0.05) is 0 Å². The molecule has 2 rings (SSSR count). The van der Waals surface area contributed by atoms with Gasteiger partial charge in [-0.3, -0.25) is 25.0 Å². The minimum Gasteiger partial charge on any atom is -0.350 e. The molecule has 0 aliphatic carbocycles. The topological polar surface area (TPSA) is 114 Å². The number of hydrogen-bond donors (Lipinski definition) is 2. The van der Waals surface area contributed by atoms with Crippen LogP contribution in [0.25, 0.3) is 0 Å². The van der Waals surface area contributed by atoms with E-state index in [4.69, 9.17) is 0 Å². The summed E-state index contributed by atoms with van der Waals surface area (Å²) in [6.07, 6.45) is 1.73. The van der Waals surface area contributed by atoms with Crippen LogP contribution in [0.1, 0.15) is 12.8 Å². The predicted octanol–water partition coefficient (Wildman–Crippen LogP) is 0.268. The maximum atomic E-state index is 11.4. The molecule has 0 aromatic carbocycles. The lowest BCUT2D eigenvalue weighted by Gasteiger charge is -2.21. The number of carbonyl (C=O) groups excluding carboxylic acids is 2. The zero-order valence-electron chi connectivity index (χ0n) is 8.50. The van der Waals surface area contributed by atoms with Gasteiger partial charge in [-0.2, -0.15) is 0 Å². The highest BCUT2D eigenvalue weighted by atomic mass is 32.1. The molecule has 0 radical (unpaired) electrons. The van der Waals surface area contributed by atoms with Crippen molar-refractivity contribution < 1.29 is 14.5 Å². The van der Waals surface area contributed by atoms with Crippen molar-refractivity contribution in [2.75, 3.05) is 5.32 Å². The molecule has 1 saturated heterocycles. The van der Waals surface area contributed by atoms with Crippen LogP contribution < -0.4 is 10.6 Å². The Hall–Kier alpha value is -2.03. The van der Waals surface area contributed by atoms with E-state index in [0.717, 1.165) is 17.5 Å². The van der Waals surface area contributed by atoms with E-state index in [9.17, 15) is 19.7 Å². The Morgan fingerprint density at radius 2 is 2.35 bits per heavy atom. The van der Waals surface area contributed by atoms with Crippen molar-refractivity contribution in [2.24, 2.45) is 0 Å². The summed E-state index contributed by atoms with van der Waals surface area (Å²) in [5.41, 5.74) is 0. The largest absolute Gasteiger partial charge is 0.350 e. The second kappa shape index (κ2) is 4.45. The first kappa shape index (κ1) is 11.5. The number of hydrogen-bond acceptors (Lipinski definition) is 7. The number of nitro groups is 1. The first-order chi connectivity index (χ1) is 8.06. The van der Waals surface area contributed by atoms with Gasteiger partial charge in [0.15, 0.2) is 5.13 Å². The van der Waals surface area contributed by atoms with E-state index in [0.29, 0.717) is 11.6 Å². The number of rotatable bonds is 3. The number of thiazole rings is 1. The van der Waals surface area contributed by atoms with E-state index in [2.05, 4.69) is 15.6 Å². The van der Waals surface area contributed by atoms with E-state index >= 15 is 0 Å². The highest BCUT2D eigenvalue weighted by Crippen LogP contribution is 2.26. The van der Waals surface area contributed by atoms with E-state index in [1.165, 1.54) is 0 Å². The molecule has 90 valence electrons. The zero-order chi connectivity index (χ0) is 12.4. The van der Waals surface area contributed by atoms with Gasteiger partial charge in [0.1, 0.15) is 12.2 Å². The number of imide groups is 1. The molecule has 1 fully saturated rings. The lowest BCUT2D eigenvalue weighted by Crippen LogP contribution is -2.47. The normalized spacial score (nSPS) is 19.9. The molecular formula is C8H8N4O4S. The summed E-state index contributed by atoms with van der Waals surface area (Å²) in [4.78, 5) is 36.0. The second-order valence-electron chi connectivity index (χ2n) is 3.41. The lowest BCUT2D eigenvalue weighted by atomic mass is 10.1. The van der Waals surface area contributed by atoms with Crippen molar-refractivity contribution in [1.82, 2.24) is 10.3 Å². The summed E-state index contributed by atoms with van der Waals surface area (Å²) >= 11 is 0.851. The SMILES string of the molecule is O=C1CCC(Nc2ncc([N+](=O)[O-])s2)C(=O)N1. The zero-order valence-corrected chi connectivity index (χ0v) is 9.32. The van der Waals surface area contributed by atoms with Crippen LogP contribution in [0.4, 0.5) is 10.1 Å². The summed E-state index contributed by atoms with van der Waals surface area (Å²) in [6.45, 7) is 0. The number of anilines is 1. The van der Waals surface area contributed by atoms with Crippen LogP contribution in [-0.4, -0.2) is 27.8 Å². The van der Waals surface area contributed by atoms with Crippen molar-refractivity contribution in [3.63, 3.8) is 0 Å². The standard InChI is InChI=1S/C8H8N4O4S/c13-5-2-1-4(7(14)11-5)10-8-9-3-6(17-8)12(15)16/h3-4H,1-2H2,(H,9,10)(H,11,13,14). The van der Waals surface area contributed by atoms with Gasteiger partial charge in [0.2, 0.25) is 11.8 Å². The van der Waals surface area contributed by atoms with Crippen molar-refractivity contribution in [3.05, 3.63) is 16.3 Å². The second-order valence-corrected chi connectivity index (χ2v) is 4.42. The minimum atomic E-state index is -0.571. The molecule has 1 aliphatic rings. The van der Waals surface area contributed by atoms with Gasteiger partial charge in [0.25, 0.3) is 0 Å². The van der Waals surface area contributed by atoms with Crippen molar-refractivity contribution in [1.29, 1.82) is 0 Å². The molecule has 2 heterocycles. The van der Waals surface area contributed by atoms with Crippen LogP contribution in [0, 0.1) is 10.1 Å². The molecule has 0 saturated carbocycles. The van der Waals surface area contributed by atoms with Crippen molar-refractivity contribution >= 4 is 33.3 Å². The Labute approximate surface area is 99.2 Å². The monoisotopic (exact) mass is 256 g/mol. The Morgan fingerprint density at radius 3 is 2.94 bits per heavy atom. The van der Waals surface area contributed by atoms with Gasteiger partial charge in [-0.25, -0.2) is 4.98 Å². The van der Waals surface area contributed by atoms with Crippen LogP contribution in [0.15, 0.2) is 6.20 Å². The number of carbonyl (C=O) groups is 2. The fourth-order valence-electron chi connectivity index (χ4n) is 1.40. The average molecular weight is 256 g/mol. The van der Waals surface area contributed by atoms with Crippen LogP contribution in [0.5, 0.6) is 0 Å². The molecule has 1 aliphatic heterocycles. The molecule has 0 bridgehead atoms. The molecule has 1 unspecified atom stereocenters. The molecular weight excluding hydrogens is 248 g/mol. The maximum absolute atomic E-state index is 11.4. The number of aromatic nitrogens is 1. The lowest BCUT2D eigenvalue weighted by molar-refractivity contribution is -0.380. The molecule has 2 N–H and O–H groups in total. The minimum absolute atomic E-state index is 0.0974. The number of nitrogens with zero attached hydrogens (tertiary/aromatic N) is 2. The third-order valence-corrected chi connectivity index (χ3v) is 3.09. The molecule has 9 heteroatoms. The average Bonchev–Trinajstić information content (AvgIpc) is 2.71. The summed E-state index contributed by atoms with van der Waals surface area (Å²) in [5, 5.41) is 15.6. The number of piperidine rings is 1. The Kier molecular flexibility index (Phi) is 3.00. The van der Waals surface area contributed by atoms with Gasteiger partial charge < -0.3 is 5.32 Å². The molecule has 17 heavy (non-hydrogen) atoms. The maximum Gasteiger partial charge on any atom is 0.345 e. The smallest absolute Gasteiger partial charge is 0.345 e. The van der Waals surface area contributed by atoms with Crippen LogP contribution >= 0.6 is 11.3 Å². The van der Waals surface area contributed by atoms with Crippen LogP contribution in [0.3, 0.4) is 0 Å². The predicted molar refractivity (Wildman–Crippen MR) is 58.6 cm³/mol. The van der Waals surface area contributed by atoms with E-state index in [-0.39, 0.29) is 17.3 Å². The molecule has 8 nitrogen and oxygen atoms in total. The fourth-order valence-corrected chi connectivity index (χ4v) is 2.08. The highest BCUT2D eigenvalue weighted by Gasteiger charge is 2.27. The van der Waals surface area contributed by atoms with Crippen molar-refractivity contribution in [2.45, 2.75) is 18.9 Å². The number of nitrogens with one attached hydrogen (secondary N) is 2. The Morgan fingerprint density at radius 1 is 1.59 bits per heavy atom. The first-order valence-corrected chi connectivity index (χ1v) is 5.58. The Bertz CT molecular complexity index is 486. The fraction of sp³-hybridized carbons (Fsp3) is 0.375.